The second kappa shape index (κ2) is 6.37. The van der Waals surface area contributed by atoms with Crippen LogP contribution in [0.2, 0.25) is 0 Å². The summed E-state index contributed by atoms with van der Waals surface area (Å²) < 4.78 is 2.10. The molecule has 0 bridgehead atoms. The monoisotopic (exact) mass is 430 g/mol. The first-order valence-corrected chi connectivity index (χ1v) is 8.03. The quantitative estimate of drug-likeness (QED) is 0.683. The van der Waals surface area contributed by atoms with Crippen molar-refractivity contribution in [2.24, 2.45) is 0 Å². The van der Waals surface area contributed by atoms with Gasteiger partial charge in [0.05, 0.1) is 6.10 Å². The second-order valence-electron chi connectivity index (χ2n) is 4.80. The van der Waals surface area contributed by atoms with E-state index in [0.717, 1.165) is 13.6 Å². The highest BCUT2D eigenvalue weighted by molar-refractivity contribution is 14.1. The van der Waals surface area contributed by atoms with Crippen molar-refractivity contribution >= 4 is 38.5 Å². The second-order valence-corrected chi connectivity index (χ2v) is 6.88. The summed E-state index contributed by atoms with van der Waals surface area (Å²) in [5.41, 5.74) is 4.71. The summed E-state index contributed by atoms with van der Waals surface area (Å²) in [5.74, 6) is 0. The van der Waals surface area contributed by atoms with Gasteiger partial charge in [-0.05, 0) is 76.9 Å². The highest BCUT2D eigenvalue weighted by Crippen LogP contribution is 2.27. The van der Waals surface area contributed by atoms with Crippen molar-refractivity contribution in [1.29, 1.82) is 0 Å². The van der Waals surface area contributed by atoms with E-state index in [2.05, 4.69) is 70.6 Å². The number of aliphatic hydroxyl groups excluding tert-OH is 1. The van der Waals surface area contributed by atoms with Crippen LogP contribution in [0.15, 0.2) is 40.9 Å². The lowest BCUT2D eigenvalue weighted by molar-refractivity contribution is 0.177. The zero-order chi connectivity index (χ0) is 14.0. The number of hydrogen-bond donors (Lipinski definition) is 1. The molecule has 1 nitrogen and oxygen atoms in total. The Bertz CT molecular complexity index is 595. The molecule has 0 aliphatic heterocycles. The fraction of sp³-hybridized carbons (Fsp3) is 0.250. The fourth-order valence-electron chi connectivity index (χ4n) is 2.03. The first kappa shape index (κ1) is 15.0. The summed E-state index contributed by atoms with van der Waals surface area (Å²) in [6.07, 6.45) is 0.180. The van der Waals surface area contributed by atoms with Crippen molar-refractivity contribution in [3.63, 3.8) is 0 Å². The molecule has 1 N–H and O–H groups in total. The van der Waals surface area contributed by atoms with Gasteiger partial charge in [0, 0.05) is 14.5 Å². The lowest BCUT2D eigenvalue weighted by Gasteiger charge is -2.14. The van der Waals surface area contributed by atoms with Gasteiger partial charge in [-0.25, -0.2) is 0 Å². The SMILES string of the molecule is Cc1ccc(CC(O)c2cc(Br)ccc2I)cc1C. The predicted octanol–water partition coefficient (Wildman–Crippen LogP) is 4.95. The van der Waals surface area contributed by atoms with Gasteiger partial charge in [0.15, 0.2) is 0 Å². The van der Waals surface area contributed by atoms with Crippen molar-refractivity contribution in [2.45, 2.75) is 26.4 Å². The minimum absolute atomic E-state index is 0.466. The van der Waals surface area contributed by atoms with E-state index in [9.17, 15) is 5.11 Å². The van der Waals surface area contributed by atoms with Gasteiger partial charge in [0.25, 0.3) is 0 Å². The largest absolute Gasteiger partial charge is 0.388 e. The maximum absolute atomic E-state index is 10.4. The van der Waals surface area contributed by atoms with Crippen LogP contribution in [-0.2, 0) is 6.42 Å². The van der Waals surface area contributed by atoms with Gasteiger partial charge in [0.1, 0.15) is 0 Å². The van der Waals surface area contributed by atoms with Crippen LogP contribution in [0.1, 0.15) is 28.4 Å². The van der Waals surface area contributed by atoms with E-state index < -0.39 is 6.10 Å². The average molecular weight is 431 g/mol. The average Bonchev–Trinajstić information content (AvgIpc) is 2.36. The van der Waals surface area contributed by atoms with Gasteiger partial charge in [-0.15, -0.1) is 0 Å². The molecule has 0 saturated carbocycles. The van der Waals surface area contributed by atoms with E-state index in [0.29, 0.717) is 6.42 Å². The van der Waals surface area contributed by atoms with Crippen molar-refractivity contribution in [2.75, 3.05) is 0 Å². The van der Waals surface area contributed by atoms with Crippen LogP contribution in [0.25, 0.3) is 0 Å². The Morgan fingerprint density at radius 1 is 1.11 bits per heavy atom. The Kier molecular flexibility index (Phi) is 5.03. The van der Waals surface area contributed by atoms with Crippen LogP contribution < -0.4 is 0 Å². The van der Waals surface area contributed by atoms with Gasteiger partial charge in [-0.1, -0.05) is 34.1 Å². The maximum atomic E-state index is 10.4. The minimum atomic E-state index is -0.466. The van der Waals surface area contributed by atoms with Crippen LogP contribution >= 0.6 is 38.5 Å². The highest BCUT2D eigenvalue weighted by Gasteiger charge is 2.13. The molecular weight excluding hydrogens is 415 g/mol. The summed E-state index contributed by atoms with van der Waals surface area (Å²) in [6, 6.07) is 12.4. The normalized spacial score (nSPS) is 12.5. The van der Waals surface area contributed by atoms with Crippen LogP contribution in [0.4, 0.5) is 0 Å². The molecule has 0 aliphatic rings. The van der Waals surface area contributed by atoms with Gasteiger partial charge in [0.2, 0.25) is 0 Å². The molecule has 0 heterocycles. The molecule has 0 radical (unpaired) electrons. The standard InChI is InChI=1S/C16H16BrIO/c1-10-3-4-12(7-11(10)2)8-16(19)14-9-13(17)5-6-15(14)18/h3-7,9,16,19H,8H2,1-2H3. The molecule has 2 aromatic rings. The number of halogens is 2. The third kappa shape index (κ3) is 3.80. The Hall–Kier alpha value is -0.390. The lowest BCUT2D eigenvalue weighted by atomic mass is 9.98. The Labute approximate surface area is 136 Å². The predicted molar refractivity (Wildman–Crippen MR) is 91.4 cm³/mol. The van der Waals surface area contributed by atoms with Gasteiger partial charge in [-0.2, -0.15) is 0 Å². The van der Waals surface area contributed by atoms with Crippen molar-refractivity contribution in [3.05, 3.63) is 66.7 Å². The molecule has 0 saturated heterocycles. The number of rotatable bonds is 3. The van der Waals surface area contributed by atoms with Crippen LogP contribution in [-0.4, -0.2) is 5.11 Å². The molecule has 0 aliphatic carbocycles. The molecule has 2 rings (SSSR count). The van der Waals surface area contributed by atoms with Crippen LogP contribution in [0, 0.1) is 17.4 Å². The van der Waals surface area contributed by atoms with E-state index in [-0.39, 0.29) is 0 Å². The number of aryl methyl sites for hydroxylation is 2. The van der Waals surface area contributed by atoms with Gasteiger partial charge in [-0.3, -0.25) is 0 Å². The molecular formula is C16H16BrIO. The van der Waals surface area contributed by atoms with E-state index in [1.54, 1.807) is 0 Å². The summed E-state index contributed by atoms with van der Waals surface area (Å²) in [5, 5.41) is 10.4. The van der Waals surface area contributed by atoms with Crippen molar-refractivity contribution < 1.29 is 5.11 Å². The molecule has 19 heavy (non-hydrogen) atoms. The van der Waals surface area contributed by atoms with Gasteiger partial charge >= 0.3 is 0 Å². The van der Waals surface area contributed by atoms with Crippen LogP contribution in [0.3, 0.4) is 0 Å². The van der Waals surface area contributed by atoms with E-state index >= 15 is 0 Å². The lowest BCUT2D eigenvalue weighted by Crippen LogP contribution is -2.04. The molecule has 0 spiro atoms. The molecule has 2 aromatic carbocycles. The zero-order valence-corrected chi connectivity index (χ0v) is 14.7. The first-order chi connectivity index (χ1) is 8.97. The number of hydrogen-bond acceptors (Lipinski definition) is 1. The van der Waals surface area contributed by atoms with Crippen molar-refractivity contribution in [1.82, 2.24) is 0 Å². The topological polar surface area (TPSA) is 20.2 Å². The third-order valence-electron chi connectivity index (χ3n) is 3.32. The molecule has 0 fully saturated rings. The molecule has 3 heteroatoms. The van der Waals surface area contributed by atoms with Crippen molar-refractivity contribution in [3.8, 4) is 0 Å². The summed E-state index contributed by atoms with van der Waals surface area (Å²) in [7, 11) is 0. The number of benzene rings is 2. The fourth-order valence-corrected chi connectivity index (χ4v) is 3.11. The summed E-state index contributed by atoms with van der Waals surface area (Å²) in [6.45, 7) is 4.21. The highest BCUT2D eigenvalue weighted by atomic mass is 127. The van der Waals surface area contributed by atoms with Gasteiger partial charge < -0.3 is 5.11 Å². The Balaban J connectivity index is 2.22. The van der Waals surface area contributed by atoms with E-state index in [1.807, 2.05) is 18.2 Å². The molecule has 1 unspecified atom stereocenters. The zero-order valence-electron chi connectivity index (χ0n) is 11.0. The maximum Gasteiger partial charge on any atom is 0.0840 e. The third-order valence-corrected chi connectivity index (χ3v) is 4.79. The smallest absolute Gasteiger partial charge is 0.0840 e. The molecule has 0 amide bonds. The Morgan fingerprint density at radius 3 is 2.53 bits per heavy atom. The summed E-state index contributed by atoms with van der Waals surface area (Å²) >= 11 is 5.72. The molecule has 0 aromatic heterocycles. The number of aliphatic hydroxyl groups is 1. The molecule has 100 valence electrons. The summed E-state index contributed by atoms with van der Waals surface area (Å²) in [4.78, 5) is 0. The van der Waals surface area contributed by atoms with E-state index in [1.165, 1.54) is 16.7 Å². The Morgan fingerprint density at radius 2 is 1.84 bits per heavy atom. The molecule has 1 atom stereocenters. The minimum Gasteiger partial charge on any atom is -0.388 e. The van der Waals surface area contributed by atoms with Crippen LogP contribution in [0.5, 0.6) is 0 Å². The van der Waals surface area contributed by atoms with E-state index in [4.69, 9.17) is 0 Å². The first-order valence-electron chi connectivity index (χ1n) is 6.16.